The summed E-state index contributed by atoms with van der Waals surface area (Å²) < 4.78 is 75.6. The van der Waals surface area contributed by atoms with Gasteiger partial charge < -0.3 is 14.4 Å². The molecule has 0 spiro atoms. The Labute approximate surface area is 142 Å². The molecule has 0 aliphatic carbocycles. The summed E-state index contributed by atoms with van der Waals surface area (Å²) in [5, 5.41) is 0. The number of likely N-dealkylation sites (N-methyl/N-ethyl adjacent to an activating group) is 1. The molecule has 146 valence electrons. The van der Waals surface area contributed by atoms with E-state index in [1.54, 1.807) is 0 Å². The second-order valence-electron chi connectivity index (χ2n) is 5.83. The van der Waals surface area contributed by atoms with E-state index in [1.807, 2.05) is 0 Å². The SMILES string of the molecule is C=C(C)C(=O)OC(OCC(C)(F)F)(C(=O)N(CC)C(C)C)C(F)(F)F. The van der Waals surface area contributed by atoms with Gasteiger partial charge >= 0.3 is 23.8 Å². The molecule has 0 aromatic carbocycles. The second-order valence-corrected chi connectivity index (χ2v) is 5.83. The first kappa shape index (κ1) is 23.3. The van der Waals surface area contributed by atoms with E-state index >= 15 is 0 Å². The first-order valence-electron chi connectivity index (χ1n) is 7.37. The maximum Gasteiger partial charge on any atom is 0.466 e. The molecule has 1 atom stereocenters. The number of carbonyl (C=O) groups excluding carboxylic acids is 2. The molecule has 0 N–H and O–H groups in total. The molecule has 1 unspecified atom stereocenters. The van der Waals surface area contributed by atoms with Gasteiger partial charge in [-0.25, -0.2) is 13.6 Å². The molecule has 0 aromatic heterocycles. The van der Waals surface area contributed by atoms with Gasteiger partial charge in [0, 0.05) is 25.1 Å². The fraction of sp³-hybridized carbons (Fsp3) is 0.733. The third-order valence-electron chi connectivity index (χ3n) is 2.99. The Balaban J connectivity index is 6.21. The van der Waals surface area contributed by atoms with Crippen molar-refractivity contribution < 1.29 is 41.0 Å². The highest BCUT2D eigenvalue weighted by Gasteiger charge is 2.68. The van der Waals surface area contributed by atoms with E-state index in [2.05, 4.69) is 16.1 Å². The zero-order valence-electron chi connectivity index (χ0n) is 14.7. The summed E-state index contributed by atoms with van der Waals surface area (Å²) in [6, 6.07) is -0.728. The largest absolute Gasteiger partial charge is 0.466 e. The van der Waals surface area contributed by atoms with Crippen LogP contribution in [0, 0.1) is 0 Å². The number of hydrogen-bond donors (Lipinski definition) is 0. The van der Waals surface area contributed by atoms with Crippen molar-refractivity contribution in [3.05, 3.63) is 12.2 Å². The molecule has 0 bridgehead atoms. The third kappa shape index (κ3) is 5.94. The van der Waals surface area contributed by atoms with Gasteiger partial charge in [-0.05, 0) is 27.7 Å². The number of hydrogen-bond acceptors (Lipinski definition) is 4. The first-order valence-corrected chi connectivity index (χ1v) is 7.37. The summed E-state index contributed by atoms with van der Waals surface area (Å²) >= 11 is 0. The molecule has 0 radical (unpaired) electrons. The highest BCUT2D eigenvalue weighted by Crippen LogP contribution is 2.38. The second kappa shape index (κ2) is 8.11. The molecule has 25 heavy (non-hydrogen) atoms. The summed E-state index contributed by atoms with van der Waals surface area (Å²) in [5.74, 6) is -11.3. The van der Waals surface area contributed by atoms with Crippen molar-refractivity contribution in [1.82, 2.24) is 4.90 Å². The van der Waals surface area contributed by atoms with Crippen LogP contribution in [-0.4, -0.2) is 53.9 Å². The minimum Gasteiger partial charge on any atom is -0.412 e. The van der Waals surface area contributed by atoms with Crippen LogP contribution in [0.2, 0.25) is 0 Å². The molecular formula is C15H22F5NO4. The summed E-state index contributed by atoms with van der Waals surface area (Å²) in [7, 11) is 0. The summed E-state index contributed by atoms with van der Waals surface area (Å²) in [6.07, 6.45) is -5.59. The maximum atomic E-state index is 13.7. The molecule has 10 heteroatoms. The molecule has 1 amide bonds. The van der Waals surface area contributed by atoms with Crippen molar-refractivity contribution in [2.24, 2.45) is 0 Å². The lowest BCUT2D eigenvalue weighted by atomic mass is 10.1. The zero-order chi connectivity index (χ0) is 20.2. The van der Waals surface area contributed by atoms with Crippen LogP contribution in [0.25, 0.3) is 0 Å². The van der Waals surface area contributed by atoms with Crippen LogP contribution in [0.4, 0.5) is 22.0 Å². The number of alkyl halides is 5. The standard InChI is InChI=1S/C15H22F5NO4/c1-7-21(10(4)5)12(23)14(15(18,19)20,24-8-13(6,16)17)25-11(22)9(2)3/h10H,2,7-8H2,1,3-6H3. The Hall–Kier alpha value is -1.71. The minimum atomic E-state index is -5.59. The van der Waals surface area contributed by atoms with E-state index < -0.39 is 48.0 Å². The van der Waals surface area contributed by atoms with E-state index in [0.717, 1.165) is 6.92 Å². The van der Waals surface area contributed by atoms with Crippen molar-refractivity contribution >= 4 is 11.9 Å². The number of nitrogens with zero attached hydrogens (tertiary/aromatic N) is 1. The topological polar surface area (TPSA) is 55.8 Å². The Morgan fingerprint density at radius 3 is 1.92 bits per heavy atom. The average molecular weight is 375 g/mol. The third-order valence-corrected chi connectivity index (χ3v) is 2.99. The molecule has 0 aliphatic rings. The Bertz CT molecular complexity index is 513. The van der Waals surface area contributed by atoms with Crippen molar-refractivity contribution in [3.8, 4) is 0 Å². The van der Waals surface area contributed by atoms with Crippen molar-refractivity contribution in [3.63, 3.8) is 0 Å². The van der Waals surface area contributed by atoms with E-state index in [0.29, 0.717) is 11.8 Å². The molecule has 0 saturated carbocycles. The summed E-state index contributed by atoms with van der Waals surface area (Å²) in [5.41, 5.74) is -0.458. The lowest BCUT2D eigenvalue weighted by molar-refractivity contribution is -0.358. The molecular weight excluding hydrogens is 353 g/mol. The van der Waals surface area contributed by atoms with Crippen LogP contribution < -0.4 is 0 Å². The average Bonchev–Trinajstić information content (AvgIpc) is 2.40. The van der Waals surface area contributed by atoms with Crippen LogP contribution in [-0.2, 0) is 19.1 Å². The quantitative estimate of drug-likeness (QED) is 0.283. The van der Waals surface area contributed by atoms with Crippen LogP contribution in [0.3, 0.4) is 0 Å². The number of halogens is 5. The number of carbonyl (C=O) groups is 2. The Kier molecular flexibility index (Phi) is 7.56. The lowest BCUT2D eigenvalue weighted by Crippen LogP contribution is -2.64. The minimum absolute atomic E-state index is 0.190. The van der Waals surface area contributed by atoms with Crippen molar-refractivity contribution in [2.45, 2.75) is 58.5 Å². The number of amides is 1. The number of esters is 1. The van der Waals surface area contributed by atoms with E-state index in [9.17, 15) is 31.5 Å². The predicted octanol–water partition coefficient (Wildman–Crippen LogP) is 3.29. The van der Waals surface area contributed by atoms with Gasteiger partial charge in [0.05, 0.1) is 0 Å². The van der Waals surface area contributed by atoms with Crippen LogP contribution in [0.1, 0.15) is 34.6 Å². The fourth-order valence-corrected chi connectivity index (χ4v) is 1.77. The van der Waals surface area contributed by atoms with Crippen LogP contribution >= 0.6 is 0 Å². The van der Waals surface area contributed by atoms with Gasteiger partial charge in [0.15, 0.2) is 0 Å². The van der Waals surface area contributed by atoms with E-state index in [-0.39, 0.29) is 6.54 Å². The van der Waals surface area contributed by atoms with Gasteiger partial charge in [0.25, 0.3) is 5.92 Å². The van der Waals surface area contributed by atoms with Crippen molar-refractivity contribution in [2.75, 3.05) is 13.2 Å². The lowest BCUT2D eigenvalue weighted by Gasteiger charge is -2.38. The van der Waals surface area contributed by atoms with Gasteiger partial charge in [-0.15, -0.1) is 0 Å². The van der Waals surface area contributed by atoms with Crippen molar-refractivity contribution in [1.29, 1.82) is 0 Å². The molecule has 0 fully saturated rings. The molecule has 0 saturated heterocycles. The van der Waals surface area contributed by atoms with E-state index in [1.165, 1.54) is 20.8 Å². The van der Waals surface area contributed by atoms with Crippen LogP contribution in [0.15, 0.2) is 12.2 Å². The number of rotatable bonds is 8. The number of ether oxygens (including phenoxy) is 2. The van der Waals surface area contributed by atoms with Gasteiger partial charge in [0.2, 0.25) is 0 Å². The van der Waals surface area contributed by atoms with Crippen LogP contribution in [0.5, 0.6) is 0 Å². The van der Waals surface area contributed by atoms with Gasteiger partial charge in [-0.1, -0.05) is 6.58 Å². The smallest absolute Gasteiger partial charge is 0.412 e. The fourth-order valence-electron chi connectivity index (χ4n) is 1.77. The van der Waals surface area contributed by atoms with Gasteiger partial charge in [-0.2, -0.15) is 13.2 Å². The summed E-state index contributed by atoms with van der Waals surface area (Å²) in [4.78, 5) is 24.8. The molecule has 5 nitrogen and oxygen atoms in total. The summed E-state index contributed by atoms with van der Waals surface area (Å²) in [6.45, 7) is 6.71. The molecule has 0 rings (SSSR count). The highest BCUT2D eigenvalue weighted by molar-refractivity contribution is 5.92. The molecule has 0 heterocycles. The Morgan fingerprint density at radius 2 is 1.64 bits per heavy atom. The maximum absolute atomic E-state index is 13.7. The molecule has 0 aromatic rings. The Morgan fingerprint density at radius 1 is 1.16 bits per heavy atom. The monoisotopic (exact) mass is 375 g/mol. The first-order chi connectivity index (χ1) is 11.1. The highest BCUT2D eigenvalue weighted by atomic mass is 19.4. The van der Waals surface area contributed by atoms with Gasteiger partial charge in [-0.3, -0.25) is 4.79 Å². The normalized spacial score (nSPS) is 14.8. The zero-order valence-corrected chi connectivity index (χ0v) is 14.7. The molecule has 0 aliphatic heterocycles. The predicted molar refractivity (Wildman–Crippen MR) is 78.8 cm³/mol. The van der Waals surface area contributed by atoms with E-state index in [4.69, 9.17) is 0 Å². The van der Waals surface area contributed by atoms with Gasteiger partial charge in [0.1, 0.15) is 6.61 Å².